The van der Waals surface area contributed by atoms with Crippen LogP contribution in [0.25, 0.3) is 0 Å². The van der Waals surface area contributed by atoms with E-state index in [4.69, 9.17) is 33.7 Å². The first-order chi connectivity index (χ1) is 7.16. The van der Waals surface area contributed by atoms with E-state index >= 15 is 0 Å². The van der Waals surface area contributed by atoms with Gasteiger partial charge in [-0.25, -0.2) is 0 Å². The molecule has 1 aliphatic rings. The van der Waals surface area contributed by atoms with Crippen LogP contribution in [0.3, 0.4) is 0 Å². The molecular formula is C11H13Cl2NO. The molecule has 1 aromatic rings. The van der Waals surface area contributed by atoms with Gasteiger partial charge in [0.25, 0.3) is 0 Å². The first kappa shape index (κ1) is 11.1. The second-order valence-electron chi connectivity index (χ2n) is 3.83. The molecule has 0 bridgehead atoms. The van der Waals surface area contributed by atoms with Crippen LogP contribution in [0.2, 0.25) is 10.0 Å². The van der Waals surface area contributed by atoms with E-state index in [-0.39, 0.29) is 12.1 Å². The van der Waals surface area contributed by atoms with E-state index in [1.54, 1.807) is 18.2 Å². The van der Waals surface area contributed by atoms with Crippen molar-refractivity contribution in [1.82, 2.24) is 0 Å². The number of nitrogens with two attached hydrogens (primary N) is 1. The summed E-state index contributed by atoms with van der Waals surface area (Å²) in [5.41, 5.74) is 5.91. The van der Waals surface area contributed by atoms with Gasteiger partial charge in [-0.3, -0.25) is 0 Å². The van der Waals surface area contributed by atoms with E-state index in [0.29, 0.717) is 15.8 Å². The van der Waals surface area contributed by atoms with E-state index in [9.17, 15) is 0 Å². The summed E-state index contributed by atoms with van der Waals surface area (Å²) in [6, 6.07) is 5.36. The van der Waals surface area contributed by atoms with Gasteiger partial charge in [-0.05, 0) is 37.5 Å². The summed E-state index contributed by atoms with van der Waals surface area (Å²) in [5.74, 6) is 0.670. The number of hydrogen-bond donors (Lipinski definition) is 1. The minimum atomic E-state index is 0.0867. The van der Waals surface area contributed by atoms with Gasteiger partial charge in [-0.15, -0.1) is 0 Å². The Bertz CT molecular complexity index is 356. The summed E-state index contributed by atoms with van der Waals surface area (Å²) in [6.07, 6.45) is 3.23. The van der Waals surface area contributed by atoms with Crippen LogP contribution >= 0.6 is 23.2 Å². The van der Waals surface area contributed by atoms with Gasteiger partial charge in [0.15, 0.2) is 0 Å². The molecule has 0 radical (unpaired) electrons. The molecule has 0 spiro atoms. The molecule has 0 heterocycles. The molecule has 4 heteroatoms. The van der Waals surface area contributed by atoms with Crippen molar-refractivity contribution < 1.29 is 4.74 Å². The van der Waals surface area contributed by atoms with Crippen molar-refractivity contribution in [2.24, 2.45) is 5.73 Å². The molecule has 15 heavy (non-hydrogen) atoms. The fourth-order valence-electron chi connectivity index (χ4n) is 1.83. The van der Waals surface area contributed by atoms with Crippen molar-refractivity contribution >= 4 is 23.2 Å². The lowest BCUT2D eigenvalue weighted by Crippen LogP contribution is -2.33. The van der Waals surface area contributed by atoms with Crippen LogP contribution in [0.1, 0.15) is 19.3 Å². The van der Waals surface area contributed by atoms with Gasteiger partial charge in [-0.1, -0.05) is 23.2 Å². The molecule has 1 fully saturated rings. The molecule has 82 valence electrons. The highest BCUT2D eigenvalue weighted by atomic mass is 35.5. The van der Waals surface area contributed by atoms with Crippen molar-refractivity contribution in [3.8, 4) is 5.75 Å². The standard InChI is InChI=1S/C11H13Cl2NO/c12-7-4-5-10(8(13)6-7)15-11-3-1-2-9(11)14/h4-6,9,11H,1-3,14H2. The molecule has 1 saturated carbocycles. The van der Waals surface area contributed by atoms with Crippen LogP contribution in [-0.4, -0.2) is 12.1 Å². The fourth-order valence-corrected chi connectivity index (χ4v) is 2.29. The van der Waals surface area contributed by atoms with Crippen molar-refractivity contribution in [2.45, 2.75) is 31.4 Å². The van der Waals surface area contributed by atoms with E-state index in [2.05, 4.69) is 0 Å². The van der Waals surface area contributed by atoms with Crippen molar-refractivity contribution in [2.75, 3.05) is 0 Å². The van der Waals surface area contributed by atoms with Gasteiger partial charge in [0.05, 0.1) is 5.02 Å². The average molecular weight is 246 g/mol. The third-order valence-electron chi connectivity index (χ3n) is 2.68. The molecule has 2 unspecified atom stereocenters. The molecule has 0 saturated heterocycles. The lowest BCUT2D eigenvalue weighted by molar-refractivity contribution is 0.192. The van der Waals surface area contributed by atoms with Crippen LogP contribution in [0.4, 0.5) is 0 Å². The number of hydrogen-bond acceptors (Lipinski definition) is 2. The highest BCUT2D eigenvalue weighted by Gasteiger charge is 2.26. The van der Waals surface area contributed by atoms with Crippen LogP contribution in [0.5, 0.6) is 5.75 Å². The normalized spacial score (nSPS) is 25.5. The van der Waals surface area contributed by atoms with E-state index in [0.717, 1.165) is 19.3 Å². The Morgan fingerprint density at radius 2 is 2.07 bits per heavy atom. The summed E-state index contributed by atoms with van der Waals surface area (Å²) in [4.78, 5) is 0. The zero-order valence-corrected chi connectivity index (χ0v) is 9.76. The van der Waals surface area contributed by atoms with Crippen LogP contribution in [0, 0.1) is 0 Å². The molecule has 1 aliphatic carbocycles. The minimum absolute atomic E-state index is 0.0867. The lowest BCUT2D eigenvalue weighted by Gasteiger charge is -2.18. The molecule has 0 aliphatic heterocycles. The van der Waals surface area contributed by atoms with Gasteiger partial charge >= 0.3 is 0 Å². The Labute approximate surface area is 99.3 Å². The third kappa shape index (κ3) is 2.57. The largest absolute Gasteiger partial charge is 0.487 e. The number of benzene rings is 1. The Morgan fingerprint density at radius 1 is 1.27 bits per heavy atom. The Kier molecular flexibility index (Phi) is 3.39. The van der Waals surface area contributed by atoms with Gasteiger partial charge in [-0.2, -0.15) is 0 Å². The number of ether oxygens (including phenoxy) is 1. The Balaban J connectivity index is 2.10. The Morgan fingerprint density at radius 3 is 2.67 bits per heavy atom. The molecule has 1 aromatic carbocycles. The van der Waals surface area contributed by atoms with Crippen molar-refractivity contribution in [3.05, 3.63) is 28.2 Å². The minimum Gasteiger partial charge on any atom is -0.487 e. The fraction of sp³-hybridized carbons (Fsp3) is 0.455. The molecule has 2 nitrogen and oxygen atoms in total. The topological polar surface area (TPSA) is 35.2 Å². The molecule has 2 N–H and O–H groups in total. The highest BCUT2D eigenvalue weighted by molar-refractivity contribution is 6.35. The second kappa shape index (κ2) is 4.60. The summed E-state index contributed by atoms with van der Waals surface area (Å²) >= 11 is 11.8. The van der Waals surface area contributed by atoms with Crippen molar-refractivity contribution in [3.63, 3.8) is 0 Å². The zero-order chi connectivity index (χ0) is 10.8. The third-order valence-corrected chi connectivity index (χ3v) is 3.21. The maximum Gasteiger partial charge on any atom is 0.138 e. The van der Waals surface area contributed by atoms with Crippen LogP contribution in [-0.2, 0) is 0 Å². The molecule has 2 rings (SSSR count). The molecular weight excluding hydrogens is 233 g/mol. The summed E-state index contributed by atoms with van der Waals surface area (Å²) in [7, 11) is 0. The maximum absolute atomic E-state index is 6.01. The summed E-state index contributed by atoms with van der Waals surface area (Å²) in [5, 5.41) is 1.16. The summed E-state index contributed by atoms with van der Waals surface area (Å²) in [6.45, 7) is 0. The summed E-state index contributed by atoms with van der Waals surface area (Å²) < 4.78 is 5.76. The van der Waals surface area contributed by atoms with Crippen LogP contribution in [0.15, 0.2) is 18.2 Å². The van der Waals surface area contributed by atoms with Crippen molar-refractivity contribution in [1.29, 1.82) is 0 Å². The van der Waals surface area contributed by atoms with E-state index in [1.807, 2.05) is 0 Å². The van der Waals surface area contributed by atoms with Gasteiger partial charge in [0.1, 0.15) is 11.9 Å². The number of rotatable bonds is 2. The number of halogens is 2. The monoisotopic (exact) mass is 245 g/mol. The first-order valence-electron chi connectivity index (χ1n) is 5.04. The predicted octanol–water partition coefficient (Wildman–Crippen LogP) is 3.25. The average Bonchev–Trinajstić information content (AvgIpc) is 2.57. The predicted molar refractivity (Wildman–Crippen MR) is 62.7 cm³/mol. The molecule has 0 aromatic heterocycles. The Hall–Kier alpha value is -0.440. The molecule has 0 amide bonds. The molecule has 2 atom stereocenters. The SMILES string of the molecule is NC1CCCC1Oc1ccc(Cl)cc1Cl. The maximum atomic E-state index is 6.01. The first-order valence-corrected chi connectivity index (χ1v) is 5.79. The van der Waals surface area contributed by atoms with Gasteiger partial charge in [0, 0.05) is 11.1 Å². The van der Waals surface area contributed by atoms with E-state index in [1.165, 1.54) is 0 Å². The van der Waals surface area contributed by atoms with Gasteiger partial charge < -0.3 is 10.5 Å². The van der Waals surface area contributed by atoms with Gasteiger partial charge in [0.2, 0.25) is 0 Å². The highest BCUT2D eigenvalue weighted by Crippen LogP contribution is 2.31. The van der Waals surface area contributed by atoms with E-state index < -0.39 is 0 Å². The van der Waals surface area contributed by atoms with Crippen LogP contribution < -0.4 is 10.5 Å². The lowest BCUT2D eigenvalue weighted by atomic mass is 10.2. The smallest absolute Gasteiger partial charge is 0.138 e. The quantitative estimate of drug-likeness (QED) is 0.869. The zero-order valence-electron chi connectivity index (χ0n) is 8.25. The second-order valence-corrected chi connectivity index (χ2v) is 4.67.